The first-order chi connectivity index (χ1) is 9.29. The molecule has 0 aliphatic heterocycles. The maximum Gasteiger partial charge on any atom is 0.263 e. The van der Waals surface area contributed by atoms with Crippen LogP contribution in [0.2, 0.25) is 5.15 Å². The Balaban J connectivity index is 2.41. The fourth-order valence-electron chi connectivity index (χ4n) is 1.76. The summed E-state index contributed by atoms with van der Waals surface area (Å²) in [4.78, 5) is 3.84. The highest BCUT2D eigenvalue weighted by Crippen LogP contribution is 2.29. The van der Waals surface area contributed by atoms with Crippen LogP contribution in [-0.4, -0.2) is 13.4 Å². The lowest BCUT2D eigenvalue weighted by Crippen LogP contribution is -2.14. The van der Waals surface area contributed by atoms with Gasteiger partial charge in [-0.15, -0.1) is 0 Å². The van der Waals surface area contributed by atoms with Gasteiger partial charge in [0.05, 0.1) is 5.69 Å². The van der Waals surface area contributed by atoms with Gasteiger partial charge in [-0.1, -0.05) is 17.7 Å². The van der Waals surface area contributed by atoms with Crippen molar-refractivity contribution in [3.8, 4) is 0 Å². The van der Waals surface area contributed by atoms with Gasteiger partial charge in [-0.2, -0.15) is 0 Å². The minimum absolute atomic E-state index is 0.0637. The number of aryl methyl sites for hydroxylation is 2. The van der Waals surface area contributed by atoms with E-state index in [1.807, 2.05) is 26.0 Å². The molecule has 0 radical (unpaired) electrons. The standard InChI is InChI=1S/C13H12BrClN2O2S/c1-8-5-9(2)13(11(14)6-8)17-20(18,19)10-3-4-12(15)16-7-10/h3-7,17H,1-2H3. The summed E-state index contributed by atoms with van der Waals surface area (Å²) in [5.74, 6) is 0. The van der Waals surface area contributed by atoms with Gasteiger partial charge in [0.25, 0.3) is 10.0 Å². The molecule has 0 spiro atoms. The third-order valence-electron chi connectivity index (χ3n) is 2.68. The van der Waals surface area contributed by atoms with Crippen LogP contribution in [0.4, 0.5) is 5.69 Å². The van der Waals surface area contributed by atoms with Crippen molar-refractivity contribution in [1.82, 2.24) is 4.98 Å². The molecule has 0 saturated carbocycles. The molecule has 7 heteroatoms. The van der Waals surface area contributed by atoms with Crippen molar-refractivity contribution in [2.45, 2.75) is 18.7 Å². The van der Waals surface area contributed by atoms with Crippen molar-refractivity contribution in [3.63, 3.8) is 0 Å². The minimum Gasteiger partial charge on any atom is -0.278 e. The van der Waals surface area contributed by atoms with Crippen molar-refractivity contribution >= 4 is 43.2 Å². The van der Waals surface area contributed by atoms with E-state index in [2.05, 4.69) is 25.6 Å². The van der Waals surface area contributed by atoms with Gasteiger partial charge in [0.15, 0.2) is 0 Å². The molecule has 1 heterocycles. The number of hydrogen-bond donors (Lipinski definition) is 1. The number of nitrogens with zero attached hydrogens (tertiary/aromatic N) is 1. The molecule has 4 nitrogen and oxygen atoms in total. The Morgan fingerprint density at radius 2 is 1.95 bits per heavy atom. The molecule has 2 aromatic rings. The van der Waals surface area contributed by atoms with Crippen LogP contribution in [-0.2, 0) is 10.0 Å². The van der Waals surface area contributed by atoms with E-state index in [4.69, 9.17) is 11.6 Å². The molecule has 1 aromatic heterocycles. The fourth-order valence-corrected chi connectivity index (χ4v) is 3.87. The number of rotatable bonds is 3. The van der Waals surface area contributed by atoms with E-state index in [9.17, 15) is 8.42 Å². The maximum atomic E-state index is 12.3. The molecule has 0 bridgehead atoms. The summed E-state index contributed by atoms with van der Waals surface area (Å²) in [6.45, 7) is 3.79. The van der Waals surface area contributed by atoms with E-state index < -0.39 is 10.0 Å². The lowest BCUT2D eigenvalue weighted by molar-refractivity contribution is 0.600. The average Bonchev–Trinajstić information content (AvgIpc) is 2.34. The van der Waals surface area contributed by atoms with Gasteiger partial charge in [0.1, 0.15) is 10.0 Å². The molecule has 0 unspecified atom stereocenters. The van der Waals surface area contributed by atoms with Crippen LogP contribution in [0.1, 0.15) is 11.1 Å². The van der Waals surface area contributed by atoms with E-state index in [1.54, 1.807) is 0 Å². The molecule has 0 fully saturated rings. The van der Waals surface area contributed by atoms with Crippen LogP contribution in [0.5, 0.6) is 0 Å². The Hall–Kier alpha value is -1.11. The highest BCUT2D eigenvalue weighted by molar-refractivity contribution is 9.10. The molecule has 0 saturated heterocycles. The first-order valence-corrected chi connectivity index (χ1v) is 8.36. The second-order valence-corrected chi connectivity index (χ2v) is 7.28. The number of benzene rings is 1. The van der Waals surface area contributed by atoms with Crippen LogP contribution in [0.3, 0.4) is 0 Å². The predicted molar refractivity (Wildman–Crippen MR) is 83.7 cm³/mol. The van der Waals surface area contributed by atoms with Gasteiger partial charge >= 0.3 is 0 Å². The van der Waals surface area contributed by atoms with Crippen LogP contribution in [0.25, 0.3) is 0 Å². The van der Waals surface area contributed by atoms with Gasteiger partial charge in [-0.25, -0.2) is 13.4 Å². The number of sulfonamides is 1. The molecule has 1 aromatic carbocycles. The van der Waals surface area contributed by atoms with Crippen LogP contribution in [0.15, 0.2) is 39.8 Å². The Bertz CT molecular complexity index is 722. The predicted octanol–water partition coefficient (Wildman–Crippen LogP) is 3.92. The largest absolute Gasteiger partial charge is 0.278 e. The van der Waals surface area contributed by atoms with Gasteiger partial charge in [0.2, 0.25) is 0 Å². The number of anilines is 1. The van der Waals surface area contributed by atoms with E-state index in [1.165, 1.54) is 18.3 Å². The Kier molecular flexibility index (Phi) is 4.36. The molecule has 0 aliphatic rings. The van der Waals surface area contributed by atoms with Crippen LogP contribution >= 0.6 is 27.5 Å². The van der Waals surface area contributed by atoms with Crippen molar-refractivity contribution in [2.24, 2.45) is 0 Å². The van der Waals surface area contributed by atoms with Crippen molar-refractivity contribution in [3.05, 3.63) is 51.2 Å². The molecular formula is C13H12BrClN2O2S. The second kappa shape index (κ2) is 5.71. The molecule has 0 aliphatic carbocycles. The summed E-state index contributed by atoms with van der Waals surface area (Å²) in [7, 11) is -3.69. The van der Waals surface area contributed by atoms with Gasteiger partial charge in [0, 0.05) is 10.7 Å². The zero-order valence-corrected chi connectivity index (χ0v) is 14.0. The van der Waals surface area contributed by atoms with Crippen LogP contribution in [0, 0.1) is 13.8 Å². The number of pyridine rings is 1. The van der Waals surface area contributed by atoms with Crippen molar-refractivity contribution < 1.29 is 8.42 Å². The summed E-state index contributed by atoms with van der Waals surface area (Å²) < 4.78 is 27.8. The lowest BCUT2D eigenvalue weighted by atomic mass is 10.1. The molecule has 0 amide bonds. The quantitative estimate of drug-likeness (QED) is 0.827. The number of aromatic nitrogens is 1. The normalized spacial score (nSPS) is 11.4. The summed E-state index contributed by atoms with van der Waals surface area (Å²) >= 11 is 9.03. The Morgan fingerprint density at radius 1 is 1.25 bits per heavy atom. The smallest absolute Gasteiger partial charge is 0.263 e. The van der Waals surface area contributed by atoms with E-state index in [0.29, 0.717) is 10.2 Å². The van der Waals surface area contributed by atoms with E-state index >= 15 is 0 Å². The summed E-state index contributed by atoms with van der Waals surface area (Å²) in [5.41, 5.74) is 2.40. The average molecular weight is 376 g/mol. The molecule has 106 valence electrons. The van der Waals surface area contributed by atoms with Crippen LogP contribution < -0.4 is 4.72 Å². The first kappa shape index (κ1) is 15.3. The topological polar surface area (TPSA) is 59.1 Å². The second-order valence-electron chi connectivity index (χ2n) is 4.36. The van der Waals surface area contributed by atoms with Gasteiger partial charge < -0.3 is 0 Å². The molecule has 0 atom stereocenters. The molecule has 2 rings (SSSR count). The monoisotopic (exact) mass is 374 g/mol. The third-order valence-corrected chi connectivity index (χ3v) is 4.86. The SMILES string of the molecule is Cc1cc(C)c(NS(=O)(=O)c2ccc(Cl)nc2)c(Br)c1. The fraction of sp³-hybridized carbons (Fsp3) is 0.154. The van der Waals surface area contributed by atoms with Gasteiger partial charge in [-0.05, 0) is 59.1 Å². The third kappa shape index (κ3) is 3.31. The first-order valence-electron chi connectivity index (χ1n) is 5.71. The summed E-state index contributed by atoms with van der Waals surface area (Å²) in [6, 6.07) is 6.61. The molecular weight excluding hydrogens is 364 g/mol. The molecule has 20 heavy (non-hydrogen) atoms. The zero-order chi connectivity index (χ0) is 14.9. The highest BCUT2D eigenvalue weighted by atomic mass is 79.9. The minimum atomic E-state index is -3.69. The highest BCUT2D eigenvalue weighted by Gasteiger charge is 2.17. The van der Waals surface area contributed by atoms with E-state index in [-0.39, 0.29) is 10.0 Å². The molecule has 1 N–H and O–H groups in total. The Morgan fingerprint density at radius 3 is 2.50 bits per heavy atom. The van der Waals surface area contributed by atoms with Gasteiger partial charge in [-0.3, -0.25) is 4.72 Å². The number of nitrogens with one attached hydrogen (secondary N) is 1. The lowest BCUT2D eigenvalue weighted by Gasteiger charge is -2.13. The summed E-state index contributed by atoms with van der Waals surface area (Å²) in [6.07, 6.45) is 1.22. The maximum absolute atomic E-state index is 12.3. The Labute approximate surface area is 131 Å². The number of hydrogen-bond acceptors (Lipinski definition) is 3. The number of halogens is 2. The zero-order valence-electron chi connectivity index (χ0n) is 10.8. The van der Waals surface area contributed by atoms with Crippen molar-refractivity contribution in [1.29, 1.82) is 0 Å². The summed E-state index contributed by atoms with van der Waals surface area (Å²) in [5, 5.41) is 0.247. The van der Waals surface area contributed by atoms with Crippen molar-refractivity contribution in [2.75, 3.05) is 4.72 Å². The van der Waals surface area contributed by atoms with E-state index in [0.717, 1.165) is 11.1 Å².